The summed E-state index contributed by atoms with van der Waals surface area (Å²) in [5, 5.41) is 0. The highest BCUT2D eigenvalue weighted by Crippen LogP contribution is 2.23. The van der Waals surface area contributed by atoms with Gasteiger partial charge in [0.1, 0.15) is 5.52 Å². The molecule has 0 bridgehead atoms. The lowest BCUT2D eigenvalue weighted by Gasteiger charge is -2.00. The van der Waals surface area contributed by atoms with Gasteiger partial charge in [-0.25, -0.2) is 4.98 Å². The summed E-state index contributed by atoms with van der Waals surface area (Å²) in [4.78, 5) is 11.7. The summed E-state index contributed by atoms with van der Waals surface area (Å²) in [6.45, 7) is 0. The van der Waals surface area contributed by atoms with Gasteiger partial charge in [-0.2, -0.15) is 0 Å². The van der Waals surface area contributed by atoms with E-state index in [-0.39, 0.29) is 0 Å². The summed E-state index contributed by atoms with van der Waals surface area (Å²) >= 11 is 0. The van der Waals surface area contributed by atoms with Crippen LogP contribution in [0.25, 0.3) is 22.3 Å². The van der Waals surface area contributed by atoms with E-state index in [1.807, 2.05) is 36.4 Å². The lowest BCUT2D eigenvalue weighted by atomic mass is 10.1. The van der Waals surface area contributed by atoms with Crippen LogP contribution in [0, 0.1) is 0 Å². The van der Waals surface area contributed by atoms with Crippen molar-refractivity contribution in [3.8, 4) is 11.3 Å². The van der Waals surface area contributed by atoms with Crippen molar-refractivity contribution in [1.82, 2.24) is 15.0 Å². The maximum atomic E-state index is 4.37. The monoisotopic (exact) mass is 195 g/mol. The Morgan fingerprint density at radius 1 is 0.933 bits per heavy atom. The molecule has 1 N–H and O–H groups in total. The maximum Gasteiger partial charge on any atom is 0.114 e. The molecular weight excluding hydrogens is 186 g/mol. The number of benzene rings is 1. The van der Waals surface area contributed by atoms with Gasteiger partial charge in [0, 0.05) is 11.8 Å². The zero-order valence-electron chi connectivity index (χ0n) is 8.01. The Labute approximate surface area is 86.8 Å². The normalized spacial score (nSPS) is 10.7. The third kappa shape index (κ3) is 1.29. The highest BCUT2D eigenvalue weighted by atomic mass is 14.9. The average Bonchev–Trinajstić information content (AvgIpc) is 2.78. The first-order chi connectivity index (χ1) is 7.45. The number of hydrogen-bond acceptors (Lipinski definition) is 2. The topological polar surface area (TPSA) is 41.6 Å². The van der Waals surface area contributed by atoms with E-state index in [2.05, 4.69) is 15.0 Å². The molecule has 0 fully saturated rings. The average molecular weight is 195 g/mol. The molecule has 0 aliphatic heterocycles. The summed E-state index contributed by atoms with van der Waals surface area (Å²) in [5.41, 5.74) is 3.96. The smallest absolute Gasteiger partial charge is 0.114 e. The van der Waals surface area contributed by atoms with Crippen molar-refractivity contribution in [3.63, 3.8) is 0 Å². The van der Waals surface area contributed by atoms with Crippen LogP contribution in [0.1, 0.15) is 0 Å². The van der Waals surface area contributed by atoms with Crippen LogP contribution in [0.4, 0.5) is 0 Å². The van der Waals surface area contributed by atoms with Gasteiger partial charge in [0.25, 0.3) is 0 Å². The third-order valence-electron chi connectivity index (χ3n) is 2.39. The maximum absolute atomic E-state index is 4.37. The van der Waals surface area contributed by atoms with Crippen molar-refractivity contribution in [3.05, 3.63) is 48.9 Å². The van der Waals surface area contributed by atoms with E-state index >= 15 is 0 Å². The molecule has 3 aromatic rings. The molecule has 2 heterocycles. The van der Waals surface area contributed by atoms with E-state index in [0.717, 1.165) is 22.3 Å². The van der Waals surface area contributed by atoms with Gasteiger partial charge in [0.05, 0.1) is 17.5 Å². The fourth-order valence-corrected chi connectivity index (χ4v) is 1.67. The first kappa shape index (κ1) is 8.17. The predicted octanol–water partition coefficient (Wildman–Crippen LogP) is 2.62. The predicted molar refractivity (Wildman–Crippen MR) is 59.3 cm³/mol. The summed E-state index contributed by atoms with van der Waals surface area (Å²) in [7, 11) is 0. The molecule has 3 nitrogen and oxygen atoms in total. The number of aromatic amines is 1. The minimum Gasteiger partial charge on any atom is -0.344 e. The third-order valence-corrected chi connectivity index (χ3v) is 2.39. The van der Waals surface area contributed by atoms with E-state index in [4.69, 9.17) is 0 Å². The van der Waals surface area contributed by atoms with Crippen molar-refractivity contribution in [2.45, 2.75) is 0 Å². The molecule has 2 aromatic heterocycles. The summed E-state index contributed by atoms with van der Waals surface area (Å²) < 4.78 is 0. The SMILES string of the molecule is c1ccc(-c2nccc3[nH]cnc23)cc1. The highest BCUT2D eigenvalue weighted by Gasteiger charge is 2.05. The number of nitrogens with one attached hydrogen (secondary N) is 1. The van der Waals surface area contributed by atoms with Crippen molar-refractivity contribution in [2.75, 3.05) is 0 Å². The Kier molecular flexibility index (Phi) is 1.75. The first-order valence-corrected chi connectivity index (χ1v) is 4.78. The number of imidazole rings is 1. The lowest BCUT2D eigenvalue weighted by Crippen LogP contribution is -1.84. The van der Waals surface area contributed by atoms with Crippen LogP contribution < -0.4 is 0 Å². The molecule has 72 valence electrons. The second-order valence-electron chi connectivity index (χ2n) is 3.32. The molecule has 0 spiro atoms. The van der Waals surface area contributed by atoms with Crippen molar-refractivity contribution in [2.24, 2.45) is 0 Å². The Morgan fingerprint density at radius 3 is 2.67 bits per heavy atom. The van der Waals surface area contributed by atoms with Gasteiger partial charge in [0.2, 0.25) is 0 Å². The summed E-state index contributed by atoms with van der Waals surface area (Å²) in [5.74, 6) is 0. The number of aromatic nitrogens is 3. The van der Waals surface area contributed by atoms with Crippen molar-refractivity contribution < 1.29 is 0 Å². The van der Waals surface area contributed by atoms with Crippen LogP contribution in [0.2, 0.25) is 0 Å². The van der Waals surface area contributed by atoms with Crippen molar-refractivity contribution in [1.29, 1.82) is 0 Å². The zero-order chi connectivity index (χ0) is 10.1. The minimum absolute atomic E-state index is 0.920. The largest absolute Gasteiger partial charge is 0.344 e. The highest BCUT2D eigenvalue weighted by molar-refractivity contribution is 5.88. The number of H-pyrrole nitrogens is 1. The van der Waals surface area contributed by atoms with E-state index in [9.17, 15) is 0 Å². The van der Waals surface area contributed by atoms with Crippen molar-refractivity contribution >= 4 is 11.0 Å². The minimum atomic E-state index is 0.920. The van der Waals surface area contributed by atoms with E-state index < -0.39 is 0 Å². The van der Waals surface area contributed by atoms with Crippen LogP contribution in [-0.4, -0.2) is 15.0 Å². The number of nitrogens with zero attached hydrogens (tertiary/aromatic N) is 2. The van der Waals surface area contributed by atoms with Gasteiger partial charge < -0.3 is 4.98 Å². The van der Waals surface area contributed by atoms with Crippen LogP contribution in [-0.2, 0) is 0 Å². The lowest BCUT2D eigenvalue weighted by molar-refractivity contribution is 1.33. The van der Waals surface area contributed by atoms with Crippen LogP contribution in [0.15, 0.2) is 48.9 Å². The molecule has 3 heteroatoms. The molecule has 3 rings (SSSR count). The number of fused-ring (bicyclic) bond motifs is 1. The molecule has 0 amide bonds. The van der Waals surface area contributed by atoms with E-state index in [1.54, 1.807) is 12.5 Å². The van der Waals surface area contributed by atoms with Crippen LogP contribution >= 0.6 is 0 Å². The zero-order valence-corrected chi connectivity index (χ0v) is 8.01. The second-order valence-corrected chi connectivity index (χ2v) is 3.32. The Bertz CT molecular complexity index is 584. The van der Waals surface area contributed by atoms with Crippen LogP contribution in [0.3, 0.4) is 0 Å². The van der Waals surface area contributed by atoms with Crippen LogP contribution in [0.5, 0.6) is 0 Å². The number of rotatable bonds is 1. The molecule has 1 aromatic carbocycles. The van der Waals surface area contributed by atoms with Gasteiger partial charge in [-0.05, 0) is 6.07 Å². The molecule has 0 aliphatic rings. The fraction of sp³-hybridized carbons (Fsp3) is 0. The molecule has 15 heavy (non-hydrogen) atoms. The quantitative estimate of drug-likeness (QED) is 0.648. The molecular formula is C12H9N3. The van der Waals surface area contributed by atoms with Gasteiger partial charge in [0.15, 0.2) is 0 Å². The van der Waals surface area contributed by atoms with E-state index in [1.165, 1.54) is 0 Å². The van der Waals surface area contributed by atoms with Gasteiger partial charge >= 0.3 is 0 Å². The van der Waals surface area contributed by atoms with Gasteiger partial charge in [-0.15, -0.1) is 0 Å². The standard InChI is InChI=1S/C12H9N3/c1-2-4-9(5-3-1)11-12-10(6-7-13-11)14-8-15-12/h1-8H,(H,14,15). The Balaban J connectivity index is 2.31. The van der Waals surface area contributed by atoms with Gasteiger partial charge in [-0.1, -0.05) is 30.3 Å². The number of hydrogen-bond donors (Lipinski definition) is 1. The molecule has 0 saturated carbocycles. The van der Waals surface area contributed by atoms with E-state index in [0.29, 0.717) is 0 Å². The van der Waals surface area contributed by atoms with Gasteiger partial charge in [-0.3, -0.25) is 4.98 Å². The first-order valence-electron chi connectivity index (χ1n) is 4.78. The fourth-order valence-electron chi connectivity index (χ4n) is 1.67. The number of pyridine rings is 1. The molecule has 0 unspecified atom stereocenters. The summed E-state index contributed by atoms with van der Waals surface area (Å²) in [6, 6.07) is 12.0. The molecule has 0 saturated heterocycles. The molecule has 0 aliphatic carbocycles. The Hall–Kier alpha value is -2.16. The second kappa shape index (κ2) is 3.20. The Morgan fingerprint density at radius 2 is 1.80 bits per heavy atom. The molecule has 0 radical (unpaired) electrons. The molecule has 0 atom stereocenters. The summed E-state index contributed by atoms with van der Waals surface area (Å²) in [6.07, 6.45) is 3.49.